The van der Waals surface area contributed by atoms with E-state index in [1.807, 2.05) is 11.8 Å². The van der Waals surface area contributed by atoms with Gasteiger partial charge in [0.05, 0.1) is 7.11 Å². The third-order valence-corrected chi connectivity index (χ3v) is 3.10. The molecule has 0 amide bonds. The van der Waals surface area contributed by atoms with Gasteiger partial charge < -0.3 is 21.1 Å². The lowest BCUT2D eigenvalue weighted by molar-refractivity contribution is 0.299. The van der Waals surface area contributed by atoms with Crippen molar-refractivity contribution in [3.05, 3.63) is 23.1 Å². The van der Waals surface area contributed by atoms with Gasteiger partial charge in [-0.05, 0) is 38.3 Å². The number of methoxy groups -OCH3 is 1. The van der Waals surface area contributed by atoms with Gasteiger partial charge in [-0.1, -0.05) is 0 Å². The third-order valence-electron chi connectivity index (χ3n) is 3.10. The zero-order valence-corrected chi connectivity index (χ0v) is 11.5. The van der Waals surface area contributed by atoms with Gasteiger partial charge in [-0.3, -0.25) is 5.41 Å². The van der Waals surface area contributed by atoms with Crippen LogP contribution in [0.15, 0.2) is 23.1 Å². The minimum atomic E-state index is 0.167. The summed E-state index contributed by atoms with van der Waals surface area (Å²) in [7, 11) is 1.58. The molecule has 5 N–H and O–H groups in total. The Morgan fingerprint density at radius 2 is 2.11 bits per heavy atom. The van der Waals surface area contributed by atoms with Crippen LogP contribution >= 0.6 is 0 Å². The molecule has 1 heterocycles. The fourth-order valence-corrected chi connectivity index (χ4v) is 2.06. The summed E-state index contributed by atoms with van der Waals surface area (Å²) in [6.45, 7) is 5.32. The molecule has 1 fully saturated rings. The maximum Gasteiger partial charge on any atom is 0.137 e. The molecule has 5 nitrogen and oxygen atoms in total. The summed E-state index contributed by atoms with van der Waals surface area (Å²) in [5, 5.41) is 8.17. The number of hydrogen-bond donors (Lipinski definition) is 3. The first-order chi connectivity index (χ1) is 8.45. The van der Waals surface area contributed by atoms with Crippen molar-refractivity contribution in [1.82, 2.24) is 4.90 Å². The molecule has 18 heavy (non-hydrogen) atoms. The number of ether oxygens (including phenoxy) is 1. The highest BCUT2D eigenvalue weighted by molar-refractivity contribution is 5.95. The van der Waals surface area contributed by atoms with E-state index >= 15 is 0 Å². The van der Waals surface area contributed by atoms with Crippen LogP contribution in [-0.4, -0.2) is 37.0 Å². The largest absolute Gasteiger partial charge is 0.495 e. The fraction of sp³-hybridized carbons (Fsp3) is 0.615. The highest BCUT2D eigenvalue weighted by atomic mass is 16.5. The first-order valence-electron chi connectivity index (χ1n) is 6.23. The first-order valence-corrected chi connectivity index (χ1v) is 6.23. The second-order valence-electron chi connectivity index (χ2n) is 4.78. The molecule has 0 aromatic heterocycles. The summed E-state index contributed by atoms with van der Waals surface area (Å²) in [5.41, 5.74) is 13.1. The van der Waals surface area contributed by atoms with Crippen molar-refractivity contribution >= 4 is 5.84 Å². The molecule has 1 aliphatic rings. The highest BCUT2D eigenvalue weighted by Crippen LogP contribution is 2.14. The van der Waals surface area contributed by atoms with Gasteiger partial charge in [0.2, 0.25) is 0 Å². The Labute approximate surface area is 109 Å². The molecule has 0 unspecified atom stereocenters. The molecular weight excluding hydrogens is 228 g/mol. The molecule has 0 bridgehead atoms. The molecule has 1 saturated heterocycles. The van der Waals surface area contributed by atoms with Gasteiger partial charge in [-0.15, -0.1) is 0 Å². The molecule has 0 aliphatic carbocycles. The Morgan fingerprint density at radius 1 is 1.44 bits per heavy atom. The lowest BCUT2D eigenvalue weighted by Gasteiger charge is -2.33. The van der Waals surface area contributed by atoms with E-state index in [0.717, 1.165) is 31.5 Å². The molecule has 1 atom stereocenters. The minimum absolute atomic E-state index is 0.167. The standard InChI is InChI=1S/C13H24N4O/c1-9(7-12(18-3)10(2)14)13(16)17-6-4-5-11(15)8-17/h7,11,16H,4-6,8,14-15H2,1-3H3/b9-7+,12-10-,16-13?/t11-/m0/s1. The van der Waals surface area contributed by atoms with Crippen molar-refractivity contribution in [3.63, 3.8) is 0 Å². The molecule has 1 rings (SSSR count). The van der Waals surface area contributed by atoms with Crippen molar-refractivity contribution in [2.24, 2.45) is 11.5 Å². The van der Waals surface area contributed by atoms with Crippen LogP contribution in [0.2, 0.25) is 0 Å². The van der Waals surface area contributed by atoms with E-state index < -0.39 is 0 Å². The third kappa shape index (κ3) is 3.77. The number of nitrogens with zero attached hydrogens (tertiary/aromatic N) is 1. The molecule has 1 aliphatic heterocycles. The molecule has 0 spiro atoms. The summed E-state index contributed by atoms with van der Waals surface area (Å²) in [6, 6.07) is 0.167. The number of rotatable bonds is 3. The van der Waals surface area contributed by atoms with E-state index in [1.54, 1.807) is 20.1 Å². The van der Waals surface area contributed by atoms with E-state index in [0.29, 0.717) is 17.3 Å². The van der Waals surface area contributed by atoms with Crippen LogP contribution < -0.4 is 11.5 Å². The quantitative estimate of drug-likeness (QED) is 0.304. The Kier molecular flexibility index (Phi) is 5.22. The molecule has 0 saturated carbocycles. The van der Waals surface area contributed by atoms with Crippen LogP contribution in [0, 0.1) is 5.41 Å². The predicted octanol–water partition coefficient (Wildman–Crippen LogP) is 1.17. The summed E-state index contributed by atoms with van der Waals surface area (Å²) < 4.78 is 5.18. The zero-order valence-electron chi connectivity index (χ0n) is 11.5. The molecule has 5 heteroatoms. The molecule has 0 aromatic rings. The van der Waals surface area contributed by atoms with Gasteiger partial charge in [0.1, 0.15) is 11.6 Å². The van der Waals surface area contributed by atoms with Crippen LogP contribution in [0.1, 0.15) is 26.7 Å². The number of nitrogens with one attached hydrogen (secondary N) is 1. The predicted molar refractivity (Wildman–Crippen MR) is 74.2 cm³/mol. The summed E-state index contributed by atoms with van der Waals surface area (Å²) >= 11 is 0. The van der Waals surface area contributed by atoms with Crippen LogP contribution in [0.25, 0.3) is 0 Å². The topological polar surface area (TPSA) is 88.4 Å². The Morgan fingerprint density at radius 3 is 2.61 bits per heavy atom. The summed E-state index contributed by atoms with van der Waals surface area (Å²) in [6.07, 6.45) is 3.88. The van der Waals surface area contributed by atoms with Gasteiger partial charge in [0.15, 0.2) is 0 Å². The van der Waals surface area contributed by atoms with E-state index in [1.165, 1.54) is 0 Å². The van der Waals surface area contributed by atoms with Crippen molar-refractivity contribution in [2.75, 3.05) is 20.2 Å². The van der Waals surface area contributed by atoms with E-state index in [9.17, 15) is 0 Å². The highest BCUT2D eigenvalue weighted by Gasteiger charge is 2.19. The number of hydrogen-bond acceptors (Lipinski definition) is 4. The Bertz CT molecular complexity index is 369. The van der Waals surface area contributed by atoms with E-state index in [-0.39, 0.29) is 6.04 Å². The molecule has 102 valence electrons. The second-order valence-corrected chi connectivity index (χ2v) is 4.78. The fourth-order valence-electron chi connectivity index (χ4n) is 2.06. The number of likely N-dealkylation sites (tertiary alicyclic amines) is 1. The van der Waals surface area contributed by atoms with E-state index in [4.69, 9.17) is 21.6 Å². The monoisotopic (exact) mass is 252 g/mol. The first kappa shape index (κ1) is 14.6. The smallest absolute Gasteiger partial charge is 0.137 e. The maximum atomic E-state index is 8.17. The minimum Gasteiger partial charge on any atom is -0.495 e. The Hall–Kier alpha value is -1.49. The second kappa shape index (κ2) is 6.44. The van der Waals surface area contributed by atoms with Gasteiger partial charge >= 0.3 is 0 Å². The van der Waals surface area contributed by atoms with Crippen molar-refractivity contribution < 1.29 is 4.74 Å². The lowest BCUT2D eigenvalue weighted by Crippen LogP contribution is -2.45. The van der Waals surface area contributed by atoms with Crippen LogP contribution in [0.3, 0.4) is 0 Å². The average molecular weight is 252 g/mol. The molecule has 0 aromatic carbocycles. The molecule has 0 radical (unpaired) electrons. The number of nitrogens with two attached hydrogens (primary N) is 2. The average Bonchev–Trinajstić information content (AvgIpc) is 2.34. The Balaban J connectivity index is 2.77. The summed E-state index contributed by atoms with van der Waals surface area (Å²) in [4.78, 5) is 2.01. The van der Waals surface area contributed by atoms with E-state index in [2.05, 4.69) is 0 Å². The lowest BCUT2D eigenvalue weighted by atomic mass is 10.1. The van der Waals surface area contributed by atoms with Gasteiger partial charge in [0, 0.05) is 24.8 Å². The van der Waals surface area contributed by atoms with Gasteiger partial charge in [0.25, 0.3) is 0 Å². The zero-order chi connectivity index (χ0) is 13.7. The van der Waals surface area contributed by atoms with Crippen molar-refractivity contribution in [2.45, 2.75) is 32.7 Å². The van der Waals surface area contributed by atoms with Crippen LogP contribution in [0.4, 0.5) is 0 Å². The number of allylic oxidation sites excluding steroid dienone is 2. The van der Waals surface area contributed by atoms with Gasteiger partial charge in [-0.2, -0.15) is 0 Å². The normalized spacial score (nSPS) is 22.6. The van der Waals surface area contributed by atoms with Crippen LogP contribution in [0.5, 0.6) is 0 Å². The SMILES string of the molecule is COC(/C=C(\C)C(=N)N1CCC[C@H](N)C1)=C(/C)N. The summed E-state index contributed by atoms with van der Waals surface area (Å²) in [5.74, 6) is 1.11. The van der Waals surface area contributed by atoms with Crippen LogP contribution in [-0.2, 0) is 4.74 Å². The number of piperidine rings is 1. The number of amidine groups is 1. The van der Waals surface area contributed by atoms with Gasteiger partial charge in [-0.25, -0.2) is 0 Å². The van der Waals surface area contributed by atoms with Crippen molar-refractivity contribution in [3.8, 4) is 0 Å². The molecular formula is C13H24N4O. The maximum absolute atomic E-state index is 8.17. The van der Waals surface area contributed by atoms with Crippen molar-refractivity contribution in [1.29, 1.82) is 5.41 Å².